The molecule has 0 unspecified atom stereocenters. The highest BCUT2D eigenvalue weighted by atomic mass is 32.2. The SMILES string of the molecule is CC.Cc1occc1SCCC=O. The Labute approximate surface area is 83.7 Å². The number of thioether (sulfide) groups is 1. The first kappa shape index (κ1) is 12.3. The van der Waals surface area contributed by atoms with Crippen molar-refractivity contribution in [2.75, 3.05) is 5.75 Å². The number of aryl methyl sites for hydroxylation is 1. The van der Waals surface area contributed by atoms with Gasteiger partial charge in [0.2, 0.25) is 0 Å². The van der Waals surface area contributed by atoms with Crippen LogP contribution in [0.5, 0.6) is 0 Å². The minimum absolute atomic E-state index is 0.606. The van der Waals surface area contributed by atoms with Gasteiger partial charge >= 0.3 is 0 Å². The van der Waals surface area contributed by atoms with E-state index >= 15 is 0 Å². The Morgan fingerprint density at radius 1 is 1.54 bits per heavy atom. The molecule has 0 aliphatic rings. The lowest BCUT2D eigenvalue weighted by Crippen LogP contribution is -1.79. The lowest BCUT2D eigenvalue weighted by molar-refractivity contribution is -0.107. The first-order chi connectivity index (χ1) is 6.34. The molecule has 0 fully saturated rings. The summed E-state index contributed by atoms with van der Waals surface area (Å²) in [5.41, 5.74) is 0. The van der Waals surface area contributed by atoms with Gasteiger partial charge in [-0.05, 0) is 13.0 Å². The van der Waals surface area contributed by atoms with Crippen LogP contribution in [0.1, 0.15) is 26.0 Å². The van der Waals surface area contributed by atoms with Crippen LogP contribution in [0.2, 0.25) is 0 Å². The highest BCUT2D eigenvalue weighted by Gasteiger charge is 1.99. The summed E-state index contributed by atoms with van der Waals surface area (Å²) in [7, 11) is 0. The molecule has 2 nitrogen and oxygen atoms in total. The lowest BCUT2D eigenvalue weighted by atomic mass is 10.5. The van der Waals surface area contributed by atoms with E-state index in [2.05, 4.69) is 0 Å². The molecule has 74 valence electrons. The lowest BCUT2D eigenvalue weighted by Gasteiger charge is -1.93. The fraction of sp³-hybridized carbons (Fsp3) is 0.500. The van der Waals surface area contributed by atoms with Gasteiger partial charge in [-0.1, -0.05) is 13.8 Å². The molecule has 0 aliphatic carbocycles. The standard InChI is InChI=1S/C8H10O2S.C2H6/c1-7-8(3-5-10-7)11-6-2-4-9;1-2/h3-5H,2,6H2,1H3;1-2H3. The molecule has 0 radical (unpaired) electrons. The summed E-state index contributed by atoms with van der Waals surface area (Å²) in [5.74, 6) is 1.77. The van der Waals surface area contributed by atoms with E-state index in [0.29, 0.717) is 6.42 Å². The molecule has 1 aromatic rings. The van der Waals surface area contributed by atoms with Crippen molar-refractivity contribution >= 4 is 18.0 Å². The van der Waals surface area contributed by atoms with E-state index in [1.807, 2.05) is 26.8 Å². The summed E-state index contributed by atoms with van der Waals surface area (Å²) in [6.45, 7) is 5.92. The largest absolute Gasteiger partial charge is 0.468 e. The van der Waals surface area contributed by atoms with Crippen molar-refractivity contribution in [2.24, 2.45) is 0 Å². The zero-order valence-electron chi connectivity index (χ0n) is 8.37. The maximum Gasteiger partial charge on any atom is 0.120 e. The second kappa shape index (κ2) is 7.92. The number of carbonyl (C=O) groups excluding carboxylic acids is 1. The predicted octanol–water partition coefficient (Wildman–Crippen LogP) is 3.30. The normalized spacial score (nSPS) is 8.85. The molecule has 1 aromatic heterocycles. The molecule has 0 amide bonds. The van der Waals surface area contributed by atoms with E-state index in [4.69, 9.17) is 4.42 Å². The van der Waals surface area contributed by atoms with Crippen LogP contribution >= 0.6 is 11.8 Å². The van der Waals surface area contributed by atoms with Crippen molar-refractivity contribution in [1.29, 1.82) is 0 Å². The summed E-state index contributed by atoms with van der Waals surface area (Å²) < 4.78 is 5.09. The Hall–Kier alpha value is -0.700. The van der Waals surface area contributed by atoms with E-state index in [1.54, 1.807) is 18.0 Å². The number of hydrogen-bond acceptors (Lipinski definition) is 3. The second-order valence-electron chi connectivity index (χ2n) is 2.14. The smallest absolute Gasteiger partial charge is 0.120 e. The first-order valence-electron chi connectivity index (χ1n) is 4.45. The van der Waals surface area contributed by atoms with E-state index in [0.717, 1.165) is 22.7 Å². The molecule has 13 heavy (non-hydrogen) atoms. The van der Waals surface area contributed by atoms with Crippen LogP contribution in [0.15, 0.2) is 21.6 Å². The van der Waals surface area contributed by atoms with Gasteiger partial charge in [-0.2, -0.15) is 0 Å². The van der Waals surface area contributed by atoms with Crippen molar-refractivity contribution < 1.29 is 9.21 Å². The summed E-state index contributed by atoms with van der Waals surface area (Å²) in [5, 5.41) is 0. The Bertz CT molecular complexity index is 231. The van der Waals surface area contributed by atoms with Crippen LogP contribution in [-0.2, 0) is 4.79 Å². The Balaban J connectivity index is 0.000000671. The fourth-order valence-electron chi connectivity index (χ4n) is 0.740. The maximum absolute atomic E-state index is 9.98. The van der Waals surface area contributed by atoms with Crippen LogP contribution in [0.25, 0.3) is 0 Å². The summed E-state index contributed by atoms with van der Waals surface area (Å²) in [6, 6.07) is 1.92. The minimum atomic E-state index is 0.606. The van der Waals surface area contributed by atoms with Crippen LogP contribution in [0.4, 0.5) is 0 Å². The third kappa shape index (κ3) is 4.78. The second-order valence-corrected chi connectivity index (χ2v) is 3.28. The fourth-order valence-corrected chi connectivity index (χ4v) is 1.58. The van der Waals surface area contributed by atoms with Gasteiger partial charge in [-0.3, -0.25) is 0 Å². The van der Waals surface area contributed by atoms with Gasteiger partial charge < -0.3 is 9.21 Å². The van der Waals surface area contributed by atoms with E-state index < -0.39 is 0 Å². The molecular weight excluding hydrogens is 184 g/mol. The molecule has 3 heteroatoms. The molecule has 0 aliphatic heterocycles. The van der Waals surface area contributed by atoms with Crippen LogP contribution in [-0.4, -0.2) is 12.0 Å². The van der Waals surface area contributed by atoms with Crippen molar-refractivity contribution in [3.63, 3.8) is 0 Å². The third-order valence-electron chi connectivity index (χ3n) is 1.30. The van der Waals surface area contributed by atoms with Crippen LogP contribution in [0.3, 0.4) is 0 Å². The predicted molar refractivity (Wildman–Crippen MR) is 56.2 cm³/mol. The molecular formula is C10H16O2S. The van der Waals surface area contributed by atoms with Crippen molar-refractivity contribution in [3.8, 4) is 0 Å². The first-order valence-corrected chi connectivity index (χ1v) is 5.43. The van der Waals surface area contributed by atoms with Gasteiger partial charge in [-0.15, -0.1) is 11.8 Å². The van der Waals surface area contributed by atoms with Crippen LogP contribution < -0.4 is 0 Å². The van der Waals surface area contributed by atoms with E-state index in [1.165, 1.54) is 0 Å². The molecule has 1 rings (SSSR count). The van der Waals surface area contributed by atoms with E-state index in [-0.39, 0.29) is 0 Å². The van der Waals surface area contributed by atoms with Gasteiger partial charge in [0.05, 0.1) is 6.26 Å². The molecule has 0 atom stereocenters. The molecule has 1 heterocycles. The molecule has 0 spiro atoms. The maximum atomic E-state index is 9.98. The topological polar surface area (TPSA) is 30.2 Å². The monoisotopic (exact) mass is 200 g/mol. The van der Waals surface area contributed by atoms with E-state index in [9.17, 15) is 4.79 Å². The highest BCUT2D eigenvalue weighted by molar-refractivity contribution is 7.99. The summed E-state index contributed by atoms with van der Waals surface area (Å²) in [4.78, 5) is 11.1. The zero-order chi connectivity index (χ0) is 10.1. The number of aldehydes is 1. The van der Waals surface area contributed by atoms with Crippen molar-refractivity contribution in [3.05, 3.63) is 18.1 Å². The Kier molecular flexibility index (Phi) is 7.50. The van der Waals surface area contributed by atoms with Gasteiger partial charge in [0.15, 0.2) is 0 Å². The number of rotatable bonds is 4. The molecule has 0 N–H and O–H groups in total. The average Bonchev–Trinajstić information content (AvgIpc) is 2.56. The zero-order valence-corrected chi connectivity index (χ0v) is 9.19. The minimum Gasteiger partial charge on any atom is -0.468 e. The van der Waals surface area contributed by atoms with Gasteiger partial charge in [-0.25, -0.2) is 0 Å². The third-order valence-corrected chi connectivity index (χ3v) is 2.48. The van der Waals surface area contributed by atoms with Crippen LogP contribution in [0, 0.1) is 6.92 Å². The summed E-state index contributed by atoms with van der Waals surface area (Å²) >= 11 is 1.65. The molecule has 0 aromatic carbocycles. The Morgan fingerprint density at radius 2 is 2.23 bits per heavy atom. The molecule has 0 saturated heterocycles. The average molecular weight is 200 g/mol. The summed E-state index contributed by atoms with van der Waals surface area (Å²) in [6.07, 6.45) is 3.20. The quantitative estimate of drug-likeness (QED) is 0.424. The number of carbonyl (C=O) groups is 1. The molecule has 0 saturated carbocycles. The van der Waals surface area contributed by atoms with Gasteiger partial charge in [0, 0.05) is 17.1 Å². The van der Waals surface area contributed by atoms with Gasteiger partial charge in [0.25, 0.3) is 0 Å². The molecule has 0 bridgehead atoms. The van der Waals surface area contributed by atoms with Gasteiger partial charge in [0.1, 0.15) is 12.0 Å². The van der Waals surface area contributed by atoms with Crippen molar-refractivity contribution in [1.82, 2.24) is 0 Å². The Morgan fingerprint density at radius 3 is 2.69 bits per heavy atom. The number of furan rings is 1. The highest BCUT2D eigenvalue weighted by Crippen LogP contribution is 2.22. The van der Waals surface area contributed by atoms with Crippen molar-refractivity contribution in [2.45, 2.75) is 32.1 Å². The number of hydrogen-bond donors (Lipinski definition) is 0.